The van der Waals surface area contributed by atoms with Crippen molar-refractivity contribution in [2.24, 2.45) is 28.1 Å². The van der Waals surface area contributed by atoms with Gasteiger partial charge in [0, 0.05) is 5.71 Å². The summed E-state index contributed by atoms with van der Waals surface area (Å²) >= 11 is 0. The second-order valence-corrected chi connectivity index (χ2v) is 4.82. The van der Waals surface area contributed by atoms with Crippen LogP contribution in [-0.4, -0.2) is 11.7 Å². The van der Waals surface area contributed by atoms with E-state index < -0.39 is 6.03 Å². The van der Waals surface area contributed by atoms with Crippen molar-refractivity contribution >= 4 is 11.7 Å². The summed E-state index contributed by atoms with van der Waals surface area (Å²) in [7, 11) is 0. The van der Waals surface area contributed by atoms with Crippen LogP contribution in [0.2, 0.25) is 0 Å². The summed E-state index contributed by atoms with van der Waals surface area (Å²) in [4.78, 5) is 10.5. The molecule has 0 aliphatic heterocycles. The number of nitrogens with two attached hydrogens (primary N) is 1. The molecule has 0 radical (unpaired) electrons. The Bertz CT molecular complexity index is 271. The van der Waals surface area contributed by atoms with Gasteiger partial charge in [0.05, 0.1) is 0 Å². The van der Waals surface area contributed by atoms with E-state index in [1.165, 1.54) is 0 Å². The number of primary amides is 1. The molecule has 2 amide bonds. The molecule has 2 atom stereocenters. The van der Waals surface area contributed by atoms with Gasteiger partial charge in [0.25, 0.3) is 0 Å². The Hall–Kier alpha value is -1.06. The zero-order valence-corrected chi connectivity index (χ0v) is 9.29. The van der Waals surface area contributed by atoms with Crippen LogP contribution in [0, 0.1) is 17.3 Å². The van der Waals surface area contributed by atoms with Crippen LogP contribution >= 0.6 is 0 Å². The molecule has 80 valence electrons. The molecule has 4 heteroatoms. The smallest absolute Gasteiger partial charge is 0.332 e. The van der Waals surface area contributed by atoms with Gasteiger partial charge in [-0.2, -0.15) is 5.10 Å². The van der Waals surface area contributed by atoms with Crippen molar-refractivity contribution in [3.05, 3.63) is 0 Å². The predicted octanol–water partition coefficient (Wildman–Crippen LogP) is 1.71. The van der Waals surface area contributed by atoms with Gasteiger partial charge in [0.1, 0.15) is 0 Å². The largest absolute Gasteiger partial charge is 0.350 e. The Morgan fingerprint density at radius 3 is 2.50 bits per heavy atom. The van der Waals surface area contributed by atoms with Crippen LogP contribution in [-0.2, 0) is 0 Å². The molecule has 1 aliphatic carbocycles. The van der Waals surface area contributed by atoms with Gasteiger partial charge in [-0.05, 0) is 23.7 Å². The number of nitrogens with one attached hydrogen (secondary N) is 1. The first-order valence-electron chi connectivity index (χ1n) is 4.96. The lowest BCUT2D eigenvalue weighted by atomic mass is 9.81. The summed E-state index contributed by atoms with van der Waals surface area (Å²) in [6.07, 6.45) is 0.926. The van der Waals surface area contributed by atoms with E-state index in [0.717, 1.165) is 12.1 Å². The summed E-state index contributed by atoms with van der Waals surface area (Å²) in [5, 5.41) is 4.04. The van der Waals surface area contributed by atoms with Gasteiger partial charge in [0.2, 0.25) is 0 Å². The fraction of sp³-hybridized carbons (Fsp3) is 0.800. The number of amides is 2. The lowest BCUT2D eigenvalue weighted by Gasteiger charge is -2.24. The standard InChI is InChI=1S/C10H19N3O/c1-6-7(2)10(3,4)5-8(6)12-13-9(11)14/h6-7H,5H2,1-4H3,(H3,11,13,14)/b12-8-. The lowest BCUT2D eigenvalue weighted by molar-refractivity contribution is 0.248. The molecular formula is C10H19N3O. The Balaban J connectivity index is 2.75. The van der Waals surface area contributed by atoms with E-state index >= 15 is 0 Å². The Kier molecular flexibility index (Phi) is 2.83. The number of carbonyl (C=O) groups excluding carboxylic acids is 1. The fourth-order valence-electron chi connectivity index (χ4n) is 2.02. The predicted molar refractivity (Wildman–Crippen MR) is 56.9 cm³/mol. The average molecular weight is 197 g/mol. The van der Waals surface area contributed by atoms with E-state index in [-0.39, 0.29) is 5.41 Å². The lowest BCUT2D eigenvalue weighted by Crippen LogP contribution is -2.26. The molecule has 3 N–H and O–H groups in total. The first-order chi connectivity index (χ1) is 6.34. The van der Waals surface area contributed by atoms with Crippen molar-refractivity contribution in [3.63, 3.8) is 0 Å². The first-order valence-corrected chi connectivity index (χ1v) is 4.96. The van der Waals surface area contributed by atoms with Crippen molar-refractivity contribution in [2.75, 3.05) is 0 Å². The molecule has 0 saturated heterocycles. The van der Waals surface area contributed by atoms with Crippen molar-refractivity contribution in [1.82, 2.24) is 5.43 Å². The molecule has 0 heterocycles. The summed E-state index contributed by atoms with van der Waals surface area (Å²) in [6, 6.07) is -0.595. The monoisotopic (exact) mass is 197 g/mol. The molecule has 1 saturated carbocycles. The Labute approximate surface area is 84.9 Å². The highest BCUT2D eigenvalue weighted by molar-refractivity contribution is 5.90. The fourth-order valence-corrected chi connectivity index (χ4v) is 2.02. The Morgan fingerprint density at radius 2 is 2.14 bits per heavy atom. The summed E-state index contributed by atoms with van der Waals surface area (Å²) in [5.74, 6) is 0.993. The summed E-state index contributed by atoms with van der Waals surface area (Å²) in [6.45, 7) is 8.81. The zero-order valence-electron chi connectivity index (χ0n) is 9.29. The normalized spacial score (nSPS) is 33.3. The zero-order chi connectivity index (χ0) is 10.9. The van der Waals surface area contributed by atoms with Gasteiger partial charge in [0.15, 0.2) is 0 Å². The average Bonchev–Trinajstić information content (AvgIpc) is 2.26. The van der Waals surface area contributed by atoms with Gasteiger partial charge in [-0.15, -0.1) is 0 Å². The van der Waals surface area contributed by atoms with Crippen LogP contribution in [0.15, 0.2) is 5.10 Å². The van der Waals surface area contributed by atoms with E-state index in [0.29, 0.717) is 11.8 Å². The molecular weight excluding hydrogens is 178 g/mol. The molecule has 0 aromatic rings. The summed E-state index contributed by atoms with van der Waals surface area (Å²) < 4.78 is 0. The van der Waals surface area contributed by atoms with Crippen molar-refractivity contribution in [2.45, 2.75) is 34.1 Å². The van der Waals surface area contributed by atoms with Crippen LogP contribution in [0.25, 0.3) is 0 Å². The SMILES string of the molecule is CC1/C(=N\NC(N)=O)CC(C)(C)C1C. The van der Waals surface area contributed by atoms with Crippen molar-refractivity contribution in [3.8, 4) is 0 Å². The highest BCUT2D eigenvalue weighted by Crippen LogP contribution is 2.44. The number of hydrogen-bond acceptors (Lipinski definition) is 2. The molecule has 2 unspecified atom stereocenters. The minimum atomic E-state index is -0.595. The van der Waals surface area contributed by atoms with Crippen LogP contribution < -0.4 is 11.2 Å². The van der Waals surface area contributed by atoms with Crippen LogP contribution in [0.1, 0.15) is 34.1 Å². The minimum absolute atomic E-state index is 0.261. The third kappa shape index (κ3) is 2.05. The number of carbonyl (C=O) groups is 1. The number of nitrogens with zero attached hydrogens (tertiary/aromatic N) is 1. The molecule has 1 fully saturated rings. The second-order valence-electron chi connectivity index (χ2n) is 4.82. The maximum Gasteiger partial charge on any atom is 0.332 e. The van der Waals surface area contributed by atoms with Gasteiger partial charge >= 0.3 is 6.03 Å². The minimum Gasteiger partial charge on any atom is -0.350 e. The topological polar surface area (TPSA) is 67.5 Å². The maximum absolute atomic E-state index is 10.5. The maximum atomic E-state index is 10.5. The number of urea groups is 1. The molecule has 0 aromatic carbocycles. The van der Waals surface area contributed by atoms with Gasteiger partial charge < -0.3 is 5.73 Å². The molecule has 1 aliphatic rings. The van der Waals surface area contributed by atoms with Gasteiger partial charge in [-0.25, -0.2) is 10.2 Å². The highest BCUT2D eigenvalue weighted by Gasteiger charge is 2.40. The highest BCUT2D eigenvalue weighted by atomic mass is 16.2. The molecule has 0 aromatic heterocycles. The molecule has 14 heavy (non-hydrogen) atoms. The van der Waals surface area contributed by atoms with Crippen LogP contribution in [0.3, 0.4) is 0 Å². The van der Waals surface area contributed by atoms with E-state index in [1.807, 2.05) is 0 Å². The number of hydrogen-bond donors (Lipinski definition) is 2. The second kappa shape index (κ2) is 3.59. The quantitative estimate of drug-likeness (QED) is 0.617. The molecule has 1 rings (SSSR count). The third-order valence-electron chi connectivity index (χ3n) is 3.45. The van der Waals surface area contributed by atoms with Gasteiger partial charge in [-0.1, -0.05) is 27.7 Å². The van der Waals surface area contributed by atoms with E-state index in [4.69, 9.17) is 5.73 Å². The van der Waals surface area contributed by atoms with Crippen molar-refractivity contribution in [1.29, 1.82) is 0 Å². The van der Waals surface area contributed by atoms with Gasteiger partial charge in [-0.3, -0.25) is 0 Å². The van der Waals surface area contributed by atoms with E-state index in [1.54, 1.807) is 0 Å². The van der Waals surface area contributed by atoms with E-state index in [2.05, 4.69) is 38.2 Å². The van der Waals surface area contributed by atoms with E-state index in [9.17, 15) is 4.79 Å². The van der Waals surface area contributed by atoms with Crippen LogP contribution in [0.4, 0.5) is 4.79 Å². The first kappa shape index (κ1) is 11.0. The molecule has 0 bridgehead atoms. The third-order valence-corrected chi connectivity index (χ3v) is 3.45. The summed E-state index contributed by atoms with van der Waals surface area (Å²) in [5.41, 5.74) is 8.57. The van der Waals surface area contributed by atoms with Crippen molar-refractivity contribution < 1.29 is 4.79 Å². The van der Waals surface area contributed by atoms with Crippen LogP contribution in [0.5, 0.6) is 0 Å². The molecule has 0 spiro atoms. The Morgan fingerprint density at radius 1 is 1.57 bits per heavy atom. The molecule has 4 nitrogen and oxygen atoms in total. The number of rotatable bonds is 1. The number of hydrazone groups is 1.